The normalized spacial score (nSPS) is 11.2. The number of carbonyl (C=O) groups excluding carboxylic acids is 1. The highest BCUT2D eigenvalue weighted by Crippen LogP contribution is 2.33. The van der Waals surface area contributed by atoms with Crippen molar-refractivity contribution in [1.29, 1.82) is 0 Å². The lowest BCUT2D eigenvalue weighted by Gasteiger charge is -2.19. The number of aromatic carboxylic acids is 1. The van der Waals surface area contributed by atoms with Gasteiger partial charge < -0.3 is 14.8 Å². The monoisotopic (exact) mass is 343 g/mol. The maximum Gasteiger partial charge on any atom is 0.339 e. The zero-order valence-corrected chi connectivity index (χ0v) is 15.3. The van der Waals surface area contributed by atoms with Crippen molar-refractivity contribution in [3.63, 3.8) is 0 Å². The zero-order valence-electron chi connectivity index (χ0n) is 15.3. The highest BCUT2D eigenvalue weighted by atomic mass is 16.4. The number of benzene rings is 1. The van der Waals surface area contributed by atoms with Crippen molar-refractivity contribution < 1.29 is 19.1 Å². The molecule has 2 aromatic rings. The molecule has 0 aliphatic heterocycles. The number of nitrogens with one attached hydrogen (secondary N) is 1. The van der Waals surface area contributed by atoms with E-state index in [0.717, 1.165) is 16.8 Å². The molecule has 0 radical (unpaired) electrons. The number of carboxylic acid groups (broad SMARTS) is 1. The molecule has 134 valence electrons. The lowest BCUT2D eigenvalue weighted by Crippen LogP contribution is -2.15. The maximum absolute atomic E-state index is 12.7. The van der Waals surface area contributed by atoms with Crippen LogP contribution in [0.25, 0.3) is 0 Å². The molecule has 5 heteroatoms. The van der Waals surface area contributed by atoms with E-state index >= 15 is 0 Å². The summed E-state index contributed by atoms with van der Waals surface area (Å²) >= 11 is 0. The van der Waals surface area contributed by atoms with Gasteiger partial charge in [-0.25, -0.2) is 4.79 Å². The van der Waals surface area contributed by atoms with Crippen LogP contribution in [0.2, 0.25) is 0 Å². The highest BCUT2D eigenvalue weighted by molar-refractivity contribution is 6.05. The van der Waals surface area contributed by atoms with Gasteiger partial charge in [0.25, 0.3) is 5.91 Å². The van der Waals surface area contributed by atoms with Crippen LogP contribution in [0.4, 0.5) is 5.69 Å². The zero-order chi connectivity index (χ0) is 18.7. The third kappa shape index (κ3) is 3.92. The smallest absolute Gasteiger partial charge is 0.339 e. The summed E-state index contributed by atoms with van der Waals surface area (Å²) in [6.07, 6.45) is 0.411. The van der Waals surface area contributed by atoms with Gasteiger partial charge >= 0.3 is 5.97 Å². The molecule has 0 aliphatic carbocycles. The minimum atomic E-state index is -1.09. The van der Waals surface area contributed by atoms with E-state index in [0.29, 0.717) is 12.2 Å². The number of carboxylic acids is 1. The van der Waals surface area contributed by atoms with Crippen LogP contribution in [0.5, 0.6) is 0 Å². The Hall–Kier alpha value is -2.56. The van der Waals surface area contributed by atoms with Gasteiger partial charge in [0.1, 0.15) is 11.3 Å². The third-order valence-corrected chi connectivity index (χ3v) is 4.20. The van der Waals surface area contributed by atoms with Crippen LogP contribution in [0.3, 0.4) is 0 Å². The second-order valence-electron chi connectivity index (χ2n) is 6.68. The predicted octanol–water partition coefficient (Wildman–Crippen LogP) is 5.04. The molecule has 0 bridgehead atoms. The SMILES string of the molecule is CCc1oc(C(=O)Nc2c(C(C)C)cccc2C(C)C)cc1C(=O)O. The van der Waals surface area contributed by atoms with E-state index in [9.17, 15) is 14.7 Å². The van der Waals surface area contributed by atoms with Gasteiger partial charge in [-0.1, -0.05) is 52.8 Å². The van der Waals surface area contributed by atoms with Crippen LogP contribution in [-0.4, -0.2) is 17.0 Å². The first-order chi connectivity index (χ1) is 11.8. The summed E-state index contributed by atoms with van der Waals surface area (Å²) in [6, 6.07) is 7.28. The summed E-state index contributed by atoms with van der Waals surface area (Å²) in [5.41, 5.74) is 2.90. The average Bonchev–Trinajstić information content (AvgIpc) is 2.99. The Morgan fingerprint density at radius 2 is 1.68 bits per heavy atom. The molecule has 0 atom stereocenters. The second kappa shape index (κ2) is 7.55. The Morgan fingerprint density at radius 1 is 1.12 bits per heavy atom. The lowest BCUT2D eigenvalue weighted by atomic mass is 9.92. The summed E-state index contributed by atoms with van der Waals surface area (Å²) in [4.78, 5) is 23.9. The van der Waals surface area contributed by atoms with Gasteiger partial charge in [-0.3, -0.25) is 4.79 Å². The topological polar surface area (TPSA) is 79.5 Å². The van der Waals surface area contributed by atoms with Crippen molar-refractivity contribution in [1.82, 2.24) is 0 Å². The first-order valence-corrected chi connectivity index (χ1v) is 8.56. The summed E-state index contributed by atoms with van der Waals surface area (Å²) in [6.45, 7) is 10.1. The predicted molar refractivity (Wildman–Crippen MR) is 97.6 cm³/mol. The van der Waals surface area contributed by atoms with Crippen LogP contribution >= 0.6 is 0 Å². The Morgan fingerprint density at radius 3 is 2.08 bits per heavy atom. The molecule has 1 aromatic carbocycles. The van der Waals surface area contributed by atoms with Gasteiger partial charge in [-0.15, -0.1) is 0 Å². The van der Waals surface area contributed by atoms with Crippen molar-refractivity contribution in [2.75, 3.05) is 5.32 Å². The number of para-hydroxylation sites is 1. The number of hydrogen-bond acceptors (Lipinski definition) is 3. The average molecular weight is 343 g/mol. The Labute approximate surface area is 148 Å². The largest absolute Gasteiger partial charge is 0.478 e. The van der Waals surface area contributed by atoms with E-state index in [2.05, 4.69) is 33.0 Å². The number of amides is 1. The quantitative estimate of drug-likeness (QED) is 0.770. The van der Waals surface area contributed by atoms with Crippen molar-refractivity contribution in [2.24, 2.45) is 0 Å². The van der Waals surface area contributed by atoms with Crippen molar-refractivity contribution in [3.8, 4) is 0 Å². The molecule has 2 N–H and O–H groups in total. The molecule has 0 unspecified atom stereocenters. The van der Waals surface area contributed by atoms with E-state index in [4.69, 9.17) is 4.42 Å². The first-order valence-electron chi connectivity index (χ1n) is 8.56. The Bertz CT molecular complexity index is 761. The summed E-state index contributed by atoms with van der Waals surface area (Å²) in [7, 11) is 0. The number of rotatable bonds is 6. The Balaban J connectivity index is 2.43. The van der Waals surface area contributed by atoms with Gasteiger partial charge in [0.15, 0.2) is 5.76 Å². The number of hydrogen-bond donors (Lipinski definition) is 2. The fourth-order valence-corrected chi connectivity index (χ4v) is 2.85. The molecule has 0 saturated carbocycles. The third-order valence-electron chi connectivity index (χ3n) is 4.20. The molecule has 0 aliphatic rings. The van der Waals surface area contributed by atoms with Gasteiger partial charge in [0, 0.05) is 18.2 Å². The summed E-state index contributed by atoms with van der Waals surface area (Å²) < 4.78 is 5.47. The number of carbonyl (C=O) groups is 2. The van der Waals surface area contributed by atoms with Crippen LogP contribution < -0.4 is 5.32 Å². The van der Waals surface area contributed by atoms with Gasteiger partial charge in [-0.05, 0) is 23.0 Å². The summed E-state index contributed by atoms with van der Waals surface area (Å²) in [5, 5.41) is 12.2. The van der Waals surface area contributed by atoms with Crippen molar-refractivity contribution in [3.05, 3.63) is 52.5 Å². The lowest BCUT2D eigenvalue weighted by molar-refractivity contribution is 0.0694. The van der Waals surface area contributed by atoms with E-state index in [1.54, 1.807) is 6.92 Å². The van der Waals surface area contributed by atoms with E-state index in [-0.39, 0.29) is 23.2 Å². The summed E-state index contributed by atoms with van der Waals surface area (Å²) in [5.74, 6) is -0.721. The second-order valence-corrected chi connectivity index (χ2v) is 6.68. The maximum atomic E-state index is 12.7. The van der Waals surface area contributed by atoms with Crippen LogP contribution in [0.15, 0.2) is 28.7 Å². The molecule has 2 rings (SSSR count). The molecule has 0 spiro atoms. The van der Waals surface area contributed by atoms with Crippen LogP contribution in [0.1, 0.15) is 84.3 Å². The molecular weight excluding hydrogens is 318 g/mol. The molecule has 1 amide bonds. The number of aryl methyl sites for hydroxylation is 1. The Kier molecular flexibility index (Phi) is 5.67. The fourth-order valence-electron chi connectivity index (χ4n) is 2.85. The standard InChI is InChI=1S/C20H25NO4/c1-6-16-15(20(23)24)10-17(25-16)19(22)21-18-13(11(2)3)8-7-9-14(18)12(4)5/h7-12H,6H2,1-5H3,(H,21,22)(H,23,24). The fraction of sp³-hybridized carbons (Fsp3) is 0.400. The van der Waals surface area contributed by atoms with E-state index < -0.39 is 11.9 Å². The molecule has 0 saturated heterocycles. The first kappa shape index (κ1) is 18.8. The van der Waals surface area contributed by atoms with Crippen LogP contribution in [0, 0.1) is 0 Å². The number of anilines is 1. The van der Waals surface area contributed by atoms with E-state index in [1.165, 1.54) is 6.07 Å². The minimum absolute atomic E-state index is 0.0162. The van der Waals surface area contributed by atoms with E-state index in [1.807, 2.05) is 18.2 Å². The van der Waals surface area contributed by atoms with Gasteiger partial charge in [0.2, 0.25) is 0 Å². The molecule has 5 nitrogen and oxygen atoms in total. The van der Waals surface area contributed by atoms with Gasteiger partial charge in [0.05, 0.1) is 0 Å². The number of furan rings is 1. The minimum Gasteiger partial charge on any atom is -0.478 e. The van der Waals surface area contributed by atoms with Crippen molar-refractivity contribution in [2.45, 2.75) is 52.9 Å². The molecule has 1 heterocycles. The molecule has 0 fully saturated rings. The highest BCUT2D eigenvalue weighted by Gasteiger charge is 2.22. The molecule has 1 aromatic heterocycles. The molecule has 25 heavy (non-hydrogen) atoms. The molecular formula is C20H25NO4. The van der Waals surface area contributed by atoms with Crippen molar-refractivity contribution >= 4 is 17.6 Å². The van der Waals surface area contributed by atoms with Gasteiger partial charge in [-0.2, -0.15) is 0 Å². The van der Waals surface area contributed by atoms with Crippen LogP contribution in [-0.2, 0) is 6.42 Å².